The Morgan fingerprint density at radius 2 is 2.09 bits per heavy atom. The molecule has 0 unspecified atom stereocenters. The summed E-state index contributed by atoms with van der Waals surface area (Å²) in [6, 6.07) is 2.06. The number of aromatic nitrogens is 4. The highest BCUT2D eigenvalue weighted by molar-refractivity contribution is 7.92. The average molecular weight is 337 g/mol. The summed E-state index contributed by atoms with van der Waals surface area (Å²) in [5, 5.41) is 8.41. The van der Waals surface area contributed by atoms with E-state index in [9.17, 15) is 8.42 Å². The largest absolute Gasteiger partial charge is 0.379 e. The normalized spacial score (nSPS) is 22.2. The van der Waals surface area contributed by atoms with Crippen LogP contribution in [-0.2, 0) is 14.8 Å². The van der Waals surface area contributed by atoms with E-state index in [1.54, 1.807) is 27.8 Å². The van der Waals surface area contributed by atoms with Gasteiger partial charge in [-0.15, -0.1) is 0 Å². The Morgan fingerprint density at radius 3 is 2.78 bits per heavy atom. The maximum absolute atomic E-state index is 12.6. The summed E-state index contributed by atoms with van der Waals surface area (Å²) in [5.41, 5.74) is 0. The zero-order valence-electron chi connectivity index (χ0n) is 12.6. The second-order valence-electron chi connectivity index (χ2n) is 6.02. The third kappa shape index (κ3) is 2.74. The zero-order valence-corrected chi connectivity index (χ0v) is 13.4. The van der Waals surface area contributed by atoms with E-state index in [0.29, 0.717) is 25.1 Å². The molecule has 0 spiro atoms. The van der Waals surface area contributed by atoms with Crippen LogP contribution in [0, 0.1) is 0 Å². The van der Waals surface area contributed by atoms with E-state index in [4.69, 9.17) is 4.74 Å². The van der Waals surface area contributed by atoms with Crippen molar-refractivity contribution in [3.05, 3.63) is 24.7 Å². The van der Waals surface area contributed by atoms with Crippen molar-refractivity contribution < 1.29 is 13.2 Å². The summed E-state index contributed by atoms with van der Waals surface area (Å²) in [4.78, 5) is 0.180. The molecule has 1 saturated carbocycles. The first-order valence-corrected chi connectivity index (χ1v) is 9.30. The first-order valence-electron chi connectivity index (χ1n) is 7.82. The Labute approximate surface area is 134 Å². The summed E-state index contributed by atoms with van der Waals surface area (Å²) < 4.78 is 36.5. The molecule has 2 aromatic rings. The zero-order chi connectivity index (χ0) is 15.9. The lowest BCUT2D eigenvalue weighted by Gasteiger charge is -2.25. The van der Waals surface area contributed by atoms with Crippen LogP contribution in [0.3, 0.4) is 0 Å². The molecule has 0 amide bonds. The fraction of sp³-hybridized carbons (Fsp3) is 0.571. The molecule has 1 N–H and O–H groups in total. The highest BCUT2D eigenvalue weighted by Gasteiger charge is 2.26. The summed E-state index contributed by atoms with van der Waals surface area (Å²) in [5.74, 6) is 0.455. The van der Waals surface area contributed by atoms with Gasteiger partial charge in [0.2, 0.25) is 0 Å². The van der Waals surface area contributed by atoms with Gasteiger partial charge in [-0.2, -0.15) is 10.2 Å². The molecule has 124 valence electrons. The maximum Gasteiger partial charge on any atom is 0.266 e. The Kier molecular flexibility index (Phi) is 3.61. The van der Waals surface area contributed by atoms with Crippen molar-refractivity contribution in [2.24, 2.45) is 0 Å². The van der Waals surface area contributed by atoms with Gasteiger partial charge in [-0.1, -0.05) is 0 Å². The van der Waals surface area contributed by atoms with Gasteiger partial charge < -0.3 is 4.74 Å². The van der Waals surface area contributed by atoms with E-state index < -0.39 is 10.0 Å². The second-order valence-corrected chi connectivity index (χ2v) is 7.71. The fourth-order valence-electron chi connectivity index (χ4n) is 2.91. The lowest BCUT2D eigenvalue weighted by Crippen LogP contribution is -2.19. The third-order valence-electron chi connectivity index (χ3n) is 4.50. The Hall–Kier alpha value is -1.87. The monoisotopic (exact) mass is 337 g/mol. The Morgan fingerprint density at radius 1 is 1.22 bits per heavy atom. The molecule has 1 saturated heterocycles. The maximum atomic E-state index is 12.6. The minimum atomic E-state index is -3.67. The van der Waals surface area contributed by atoms with Gasteiger partial charge in [0.05, 0.1) is 31.1 Å². The predicted octanol–water partition coefficient (Wildman–Crippen LogP) is 1.57. The molecule has 2 fully saturated rings. The van der Waals surface area contributed by atoms with Gasteiger partial charge in [0.1, 0.15) is 10.7 Å². The molecule has 0 radical (unpaired) electrons. The SMILES string of the molecule is O=S(=O)(Nc1ccnn1[C@H]1CCOC1)c1cnn(C2CCC2)c1. The molecule has 2 aliphatic rings. The van der Waals surface area contributed by atoms with Gasteiger partial charge in [0, 0.05) is 18.9 Å². The van der Waals surface area contributed by atoms with Crippen molar-refractivity contribution in [3.8, 4) is 0 Å². The van der Waals surface area contributed by atoms with Crippen molar-refractivity contribution in [1.29, 1.82) is 0 Å². The van der Waals surface area contributed by atoms with Crippen molar-refractivity contribution in [2.75, 3.05) is 17.9 Å². The summed E-state index contributed by atoms with van der Waals surface area (Å²) in [6.45, 7) is 1.22. The van der Waals surface area contributed by atoms with E-state index in [2.05, 4.69) is 14.9 Å². The van der Waals surface area contributed by atoms with Gasteiger partial charge in [-0.3, -0.25) is 9.40 Å². The minimum Gasteiger partial charge on any atom is -0.379 e. The van der Waals surface area contributed by atoms with Gasteiger partial charge in [0.15, 0.2) is 0 Å². The van der Waals surface area contributed by atoms with Gasteiger partial charge in [-0.25, -0.2) is 13.1 Å². The van der Waals surface area contributed by atoms with E-state index in [0.717, 1.165) is 19.3 Å². The quantitative estimate of drug-likeness (QED) is 0.894. The van der Waals surface area contributed by atoms with Crippen LogP contribution in [0.5, 0.6) is 0 Å². The summed E-state index contributed by atoms with van der Waals surface area (Å²) in [6.07, 6.45) is 8.72. The minimum absolute atomic E-state index is 0.0698. The summed E-state index contributed by atoms with van der Waals surface area (Å²) in [7, 11) is -3.67. The second kappa shape index (κ2) is 5.64. The van der Waals surface area contributed by atoms with Crippen molar-refractivity contribution in [2.45, 2.75) is 42.7 Å². The Balaban J connectivity index is 1.55. The van der Waals surface area contributed by atoms with E-state index in [1.807, 2.05) is 0 Å². The molecule has 4 rings (SSSR count). The molecule has 1 aliphatic heterocycles. The predicted molar refractivity (Wildman–Crippen MR) is 82.6 cm³/mol. The molecule has 23 heavy (non-hydrogen) atoms. The molecule has 1 atom stereocenters. The van der Waals surface area contributed by atoms with E-state index in [-0.39, 0.29) is 10.9 Å². The van der Waals surface area contributed by atoms with Gasteiger partial charge >= 0.3 is 0 Å². The van der Waals surface area contributed by atoms with Crippen LogP contribution < -0.4 is 4.72 Å². The van der Waals surface area contributed by atoms with E-state index >= 15 is 0 Å². The smallest absolute Gasteiger partial charge is 0.266 e. The van der Waals surface area contributed by atoms with Gasteiger partial charge in [-0.05, 0) is 25.7 Å². The molecular weight excluding hydrogens is 318 g/mol. The average Bonchev–Trinajstić information content (AvgIpc) is 3.16. The molecule has 3 heterocycles. The molecule has 2 aromatic heterocycles. The molecular formula is C14H19N5O3S. The van der Waals surface area contributed by atoms with Crippen LogP contribution in [0.1, 0.15) is 37.8 Å². The number of hydrogen-bond acceptors (Lipinski definition) is 5. The number of ether oxygens (including phenoxy) is 1. The van der Waals surface area contributed by atoms with Crippen molar-refractivity contribution in [3.63, 3.8) is 0 Å². The highest BCUT2D eigenvalue weighted by atomic mass is 32.2. The number of hydrogen-bond donors (Lipinski definition) is 1. The lowest BCUT2D eigenvalue weighted by atomic mass is 9.93. The molecule has 0 aromatic carbocycles. The van der Waals surface area contributed by atoms with Crippen LogP contribution in [-0.4, -0.2) is 41.2 Å². The molecule has 1 aliphatic carbocycles. The third-order valence-corrected chi connectivity index (χ3v) is 5.81. The first kappa shape index (κ1) is 14.7. The number of nitrogens with zero attached hydrogens (tertiary/aromatic N) is 4. The number of rotatable bonds is 5. The molecule has 0 bridgehead atoms. The molecule has 8 nitrogen and oxygen atoms in total. The number of sulfonamides is 1. The molecule has 9 heteroatoms. The summed E-state index contributed by atoms with van der Waals surface area (Å²) >= 11 is 0. The van der Waals surface area contributed by atoms with Crippen LogP contribution in [0.4, 0.5) is 5.82 Å². The highest BCUT2D eigenvalue weighted by Crippen LogP contribution is 2.31. The van der Waals surface area contributed by atoms with Crippen molar-refractivity contribution >= 4 is 15.8 Å². The number of nitrogens with one attached hydrogen (secondary N) is 1. The van der Waals surface area contributed by atoms with Gasteiger partial charge in [0.25, 0.3) is 10.0 Å². The van der Waals surface area contributed by atoms with Crippen LogP contribution in [0.15, 0.2) is 29.6 Å². The first-order chi connectivity index (χ1) is 11.1. The van der Waals surface area contributed by atoms with Crippen LogP contribution in [0.2, 0.25) is 0 Å². The number of anilines is 1. The Bertz CT molecular complexity index is 787. The topological polar surface area (TPSA) is 91.0 Å². The van der Waals surface area contributed by atoms with E-state index in [1.165, 1.54) is 12.6 Å². The lowest BCUT2D eigenvalue weighted by molar-refractivity contribution is 0.185. The fourth-order valence-corrected chi connectivity index (χ4v) is 3.90. The standard InChI is InChI=1S/C14H19N5O3S/c20-23(21,13-8-16-18(9-13)11-2-1-3-11)17-14-4-6-15-19(14)12-5-7-22-10-12/h4,6,8-9,11-12,17H,1-3,5,7,10H2/t12-/m0/s1. The van der Waals surface area contributed by atoms with Crippen LogP contribution in [0.25, 0.3) is 0 Å². The van der Waals surface area contributed by atoms with Crippen LogP contribution >= 0.6 is 0 Å². The van der Waals surface area contributed by atoms with Crippen molar-refractivity contribution in [1.82, 2.24) is 19.6 Å².